The number of benzene rings is 1. The number of nitriles is 1. The molecule has 0 aliphatic carbocycles. The molecule has 3 rings (SSSR count). The lowest BCUT2D eigenvalue weighted by Gasteiger charge is -2.13. The van der Waals surface area contributed by atoms with Crippen LogP contribution in [-0.2, 0) is 11.3 Å². The second kappa shape index (κ2) is 7.09. The summed E-state index contributed by atoms with van der Waals surface area (Å²) in [6, 6.07) is 7.19. The number of hydrogen-bond acceptors (Lipinski definition) is 5. The number of aromatic nitrogens is 1. The molecule has 1 fully saturated rings. The van der Waals surface area contributed by atoms with E-state index in [1.807, 2.05) is 6.07 Å². The molecule has 1 aliphatic rings. The quantitative estimate of drug-likeness (QED) is 0.848. The van der Waals surface area contributed by atoms with E-state index in [0.717, 1.165) is 12.8 Å². The number of rotatable bonds is 4. The summed E-state index contributed by atoms with van der Waals surface area (Å²) in [6.07, 6.45) is 3.02. The summed E-state index contributed by atoms with van der Waals surface area (Å²) < 4.78 is 6.84. The molecule has 1 N–H and O–H groups in total. The molecule has 7 heteroatoms. The molecule has 1 aromatic heterocycles. The van der Waals surface area contributed by atoms with Crippen molar-refractivity contribution < 1.29 is 14.6 Å². The fourth-order valence-corrected chi connectivity index (χ4v) is 3.00. The van der Waals surface area contributed by atoms with Crippen LogP contribution in [0.2, 0.25) is 5.02 Å². The van der Waals surface area contributed by atoms with Crippen molar-refractivity contribution in [2.24, 2.45) is 0 Å². The maximum atomic E-state index is 12.7. The number of carbonyl (C=O) groups excluding carboxylic acids is 1. The Hall–Kier alpha value is -2.62. The minimum absolute atomic E-state index is 0.0127. The fraction of sp³-hybridized carbons (Fsp3) is 0.278. The van der Waals surface area contributed by atoms with Gasteiger partial charge in [0, 0.05) is 23.4 Å². The predicted octanol–water partition coefficient (Wildman–Crippen LogP) is 2.49. The standard InChI is InChI=1S/C18H15ClN2O4/c19-13-3-4-16(22)15(7-13)17(23)12-6-11(8-20)18(24)21(9-12)10-14-2-1-5-25-14/h3-4,6-7,9,14,22H,1-2,5,10H2/t14-/m1/s1. The van der Waals surface area contributed by atoms with Gasteiger partial charge in [-0.2, -0.15) is 5.26 Å². The first-order chi connectivity index (χ1) is 12.0. The SMILES string of the molecule is N#Cc1cc(C(=O)c2cc(Cl)ccc2O)cn(C[C@H]2CCCO2)c1=O. The van der Waals surface area contributed by atoms with Gasteiger partial charge in [0.25, 0.3) is 5.56 Å². The molecule has 0 amide bonds. The smallest absolute Gasteiger partial charge is 0.268 e. The largest absolute Gasteiger partial charge is 0.507 e. The van der Waals surface area contributed by atoms with Gasteiger partial charge in [-0.1, -0.05) is 11.6 Å². The van der Waals surface area contributed by atoms with Gasteiger partial charge in [-0.25, -0.2) is 0 Å². The van der Waals surface area contributed by atoms with Crippen LogP contribution in [0.1, 0.15) is 34.3 Å². The van der Waals surface area contributed by atoms with Crippen molar-refractivity contribution in [3.63, 3.8) is 0 Å². The summed E-state index contributed by atoms with van der Waals surface area (Å²) in [7, 11) is 0. The van der Waals surface area contributed by atoms with Crippen LogP contribution in [0.4, 0.5) is 0 Å². The van der Waals surface area contributed by atoms with E-state index in [2.05, 4.69) is 0 Å². The Morgan fingerprint density at radius 3 is 2.92 bits per heavy atom. The van der Waals surface area contributed by atoms with E-state index < -0.39 is 11.3 Å². The summed E-state index contributed by atoms with van der Waals surface area (Å²) >= 11 is 5.89. The summed E-state index contributed by atoms with van der Waals surface area (Å²) in [5.74, 6) is -0.734. The van der Waals surface area contributed by atoms with E-state index in [-0.39, 0.29) is 35.1 Å². The number of phenolic OH excluding ortho intramolecular Hbond substituents is 1. The van der Waals surface area contributed by atoms with Crippen molar-refractivity contribution in [2.45, 2.75) is 25.5 Å². The van der Waals surface area contributed by atoms with Gasteiger partial charge in [-0.15, -0.1) is 0 Å². The van der Waals surface area contributed by atoms with Crippen molar-refractivity contribution in [1.29, 1.82) is 5.26 Å². The molecule has 0 saturated carbocycles. The van der Waals surface area contributed by atoms with Gasteiger partial charge in [0.1, 0.15) is 17.4 Å². The van der Waals surface area contributed by atoms with Gasteiger partial charge >= 0.3 is 0 Å². The highest BCUT2D eigenvalue weighted by Gasteiger charge is 2.21. The van der Waals surface area contributed by atoms with E-state index in [9.17, 15) is 20.0 Å². The van der Waals surface area contributed by atoms with Crippen LogP contribution in [-0.4, -0.2) is 28.2 Å². The molecule has 0 radical (unpaired) electrons. The van der Waals surface area contributed by atoms with Crippen LogP contribution in [0.25, 0.3) is 0 Å². The molecule has 128 valence electrons. The average Bonchev–Trinajstić information content (AvgIpc) is 3.11. The molecule has 6 nitrogen and oxygen atoms in total. The summed E-state index contributed by atoms with van der Waals surface area (Å²) in [4.78, 5) is 25.0. The van der Waals surface area contributed by atoms with Crippen LogP contribution in [0, 0.1) is 11.3 Å². The highest BCUT2D eigenvalue weighted by atomic mass is 35.5. The Bertz CT molecular complexity index is 924. The van der Waals surface area contributed by atoms with Crippen molar-refractivity contribution in [3.8, 4) is 11.8 Å². The molecule has 1 saturated heterocycles. The number of aromatic hydroxyl groups is 1. The normalized spacial score (nSPS) is 16.6. The van der Waals surface area contributed by atoms with Gasteiger partial charge < -0.3 is 14.4 Å². The Kier molecular flexibility index (Phi) is 4.88. The Balaban J connectivity index is 2.03. The maximum absolute atomic E-state index is 12.7. The zero-order valence-electron chi connectivity index (χ0n) is 13.2. The van der Waals surface area contributed by atoms with Gasteiger partial charge in [-0.05, 0) is 37.1 Å². The van der Waals surface area contributed by atoms with Crippen LogP contribution < -0.4 is 5.56 Å². The monoisotopic (exact) mass is 358 g/mol. The van der Waals surface area contributed by atoms with Crippen molar-refractivity contribution in [1.82, 2.24) is 4.57 Å². The number of nitrogens with zero attached hydrogens (tertiary/aromatic N) is 2. The van der Waals surface area contributed by atoms with E-state index in [1.54, 1.807) is 0 Å². The number of ether oxygens (including phenoxy) is 1. The number of hydrogen-bond donors (Lipinski definition) is 1. The van der Waals surface area contributed by atoms with E-state index in [1.165, 1.54) is 35.0 Å². The molecule has 1 atom stereocenters. The lowest BCUT2D eigenvalue weighted by atomic mass is 10.0. The van der Waals surface area contributed by atoms with Gasteiger partial charge in [0.2, 0.25) is 0 Å². The molecule has 2 heterocycles. The lowest BCUT2D eigenvalue weighted by Crippen LogP contribution is -2.28. The number of phenols is 1. The van der Waals surface area contributed by atoms with Gasteiger partial charge in [0.05, 0.1) is 18.2 Å². The molecule has 25 heavy (non-hydrogen) atoms. The highest BCUT2D eigenvalue weighted by Crippen LogP contribution is 2.24. The third-order valence-electron chi connectivity index (χ3n) is 4.10. The molecule has 2 aromatic rings. The first-order valence-corrected chi connectivity index (χ1v) is 8.17. The minimum Gasteiger partial charge on any atom is -0.507 e. The van der Waals surface area contributed by atoms with E-state index in [0.29, 0.717) is 11.6 Å². The van der Waals surface area contributed by atoms with Crippen LogP contribution in [0.3, 0.4) is 0 Å². The molecular formula is C18H15ClN2O4. The van der Waals surface area contributed by atoms with Crippen molar-refractivity contribution >= 4 is 17.4 Å². The molecule has 1 aliphatic heterocycles. The lowest BCUT2D eigenvalue weighted by molar-refractivity contribution is 0.0955. The van der Waals surface area contributed by atoms with Crippen molar-refractivity contribution in [3.05, 3.63) is 62.5 Å². The molecular weight excluding hydrogens is 344 g/mol. The molecule has 0 spiro atoms. The van der Waals surface area contributed by atoms with Crippen molar-refractivity contribution in [2.75, 3.05) is 6.61 Å². The number of ketones is 1. The zero-order valence-corrected chi connectivity index (χ0v) is 14.0. The topological polar surface area (TPSA) is 92.3 Å². The number of halogens is 1. The Morgan fingerprint density at radius 1 is 1.44 bits per heavy atom. The van der Waals surface area contributed by atoms with Gasteiger partial charge in [-0.3, -0.25) is 9.59 Å². The predicted molar refractivity (Wildman–Crippen MR) is 90.9 cm³/mol. The third-order valence-corrected chi connectivity index (χ3v) is 4.33. The average molecular weight is 359 g/mol. The number of carbonyl (C=O) groups is 1. The van der Waals surface area contributed by atoms with Crippen LogP contribution in [0.5, 0.6) is 5.75 Å². The summed E-state index contributed by atoms with van der Waals surface area (Å²) in [5, 5.41) is 19.4. The Morgan fingerprint density at radius 2 is 2.24 bits per heavy atom. The van der Waals surface area contributed by atoms with E-state index >= 15 is 0 Å². The second-order valence-corrected chi connectivity index (χ2v) is 6.27. The third kappa shape index (κ3) is 3.58. The Labute approximate surface area is 148 Å². The summed E-state index contributed by atoms with van der Waals surface area (Å²) in [5.41, 5.74) is -0.458. The van der Waals surface area contributed by atoms with Gasteiger partial charge in [0.15, 0.2) is 5.78 Å². The first kappa shape index (κ1) is 17.2. The van der Waals surface area contributed by atoms with E-state index in [4.69, 9.17) is 16.3 Å². The number of pyridine rings is 1. The minimum atomic E-state index is -0.516. The fourth-order valence-electron chi connectivity index (χ4n) is 2.83. The molecule has 0 unspecified atom stereocenters. The maximum Gasteiger partial charge on any atom is 0.268 e. The second-order valence-electron chi connectivity index (χ2n) is 5.84. The van der Waals surface area contributed by atoms with Crippen LogP contribution in [0.15, 0.2) is 35.3 Å². The van der Waals surface area contributed by atoms with Crippen LogP contribution >= 0.6 is 11.6 Å². The molecule has 0 bridgehead atoms. The first-order valence-electron chi connectivity index (χ1n) is 7.79. The zero-order chi connectivity index (χ0) is 18.0. The molecule has 1 aromatic carbocycles. The highest BCUT2D eigenvalue weighted by molar-refractivity contribution is 6.31. The summed E-state index contributed by atoms with van der Waals surface area (Å²) in [6.45, 7) is 0.912.